The molecule has 1 rings (SSSR count). The standard InChI is InChI=1S/C13H27NS/c1-3-15-11-7-10-14-12(2)13-8-5-4-6-9-13/h12-14H,3-11H2,1-2H3/t12-/m0/s1. The second-order valence-corrected chi connectivity index (χ2v) is 6.09. The van der Waals surface area contributed by atoms with Gasteiger partial charge in [0, 0.05) is 6.04 Å². The van der Waals surface area contributed by atoms with E-state index in [4.69, 9.17) is 0 Å². The van der Waals surface area contributed by atoms with Gasteiger partial charge in [0.25, 0.3) is 0 Å². The Morgan fingerprint density at radius 2 is 2.00 bits per heavy atom. The van der Waals surface area contributed by atoms with E-state index in [1.165, 1.54) is 56.6 Å². The summed E-state index contributed by atoms with van der Waals surface area (Å²) >= 11 is 2.06. The molecule has 0 spiro atoms. The van der Waals surface area contributed by atoms with Gasteiger partial charge >= 0.3 is 0 Å². The van der Waals surface area contributed by atoms with Gasteiger partial charge < -0.3 is 5.32 Å². The van der Waals surface area contributed by atoms with E-state index >= 15 is 0 Å². The van der Waals surface area contributed by atoms with Gasteiger partial charge in [-0.1, -0.05) is 26.2 Å². The maximum absolute atomic E-state index is 3.70. The van der Waals surface area contributed by atoms with Crippen molar-refractivity contribution < 1.29 is 0 Å². The van der Waals surface area contributed by atoms with Crippen molar-refractivity contribution in [1.29, 1.82) is 0 Å². The summed E-state index contributed by atoms with van der Waals surface area (Å²) in [7, 11) is 0. The molecule has 1 atom stereocenters. The Bertz CT molecular complexity index is 143. The molecule has 0 aromatic carbocycles. The highest BCUT2D eigenvalue weighted by atomic mass is 32.2. The SMILES string of the molecule is CCSCCCN[C@@H](C)C1CCCCC1. The number of nitrogens with one attached hydrogen (secondary N) is 1. The molecule has 90 valence electrons. The van der Waals surface area contributed by atoms with Crippen LogP contribution in [0.5, 0.6) is 0 Å². The maximum atomic E-state index is 3.70. The molecule has 1 aliphatic carbocycles. The first kappa shape index (κ1) is 13.4. The zero-order chi connectivity index (χ0) is 10.9. The van der Waals surface area contributed by atoms with Crippen LogP contribution in [0.1, 0.15) is 52.4 Å². The monoisotopic (exact) mass is 229 g/mol. The van der Waals surface area contributed by atoms with Gasteiger partial charge in [-0.05, 0) is 50.2 Å². The van der Waals surface area contributed by atoms with Crippen LogP contribution in [-0.2, 0) is 0 Å². The Balaban J connectivity index is 1.99. The number of rotatable bonds is 7. The third kappa shape index (κ3) is 5.82. The van der Waals surface area contributed by atoms with Crippen LogP contribution in [-0.4, -0.2) is 24.1 Å². The van der Waals surface area contributed by atoms with Crippen LogP contribution in [0.4, 0.5) is 0 Å². The lowest BCUT2D eigenvalue weighted by Crippen LogP contribution is -2.35. The smallest absolute Gasteiger partial charge is 0.00670 e. The van der Waals surface area contributed by atoms with E-state index in [1.807, 2.05) is 0 Å². The van der Waals surface area contributed by atoms with E-state index in [0.717, 1.165) is 12.0 Å². The van der Waals surface area contributed by atoms with Crippen LogP contribution in [0.2, 0.25) is 0 Å². The fraction of sp³-hybridized carbons (Fsp3) is 1.00. The van der Waals surface area contributed by atoms with Gasteiger partial charge in [0.2, 0.25) is 0 Å². The minimum Gasteiger partial charge on any atom is -0.314 e. The fourth-order valence-electron chi connectivity index (χ4n) is 2.45. The summed E-state index contributed by atoms with van der Waals surface area (Å²) in [5.41, 5.74) is 0. The largest absolute Gasteiger partial charge is 0.314 e. The van der Waals surface area contributed by atoms with E-state index < -0.39 is 0 Å². The van der Waals surface area contributed by atoms with E-state index in [1.54, 1.807) is 0 Å². The number of hydrogen-bond acceptors (Lipinski definition) is 2. The summed E-state index contributed by atoms with van der Waals surface area (Å²) in [6.45, 7) is 5.83. The lowest BCUT2D eigenvalue weighted by atomic mass is 9.84. The first-order valence-electron chi connectivity index (χ1n) is 6.65. The van der Waals surface area contributed by atoms with Crippen molar-refractivity contribution >= 4 is 11.8 Å². The summed E-state index contributed by atoms with van der Waals surface area (Å²) in [5.74, 6) is 3.54. The summed E-state index contributed by atoms with van der Waals surface area (Å²) in [5, 5.41) is 3.70. The Morgan fingerprint density at radius 1 is 1.27 bits per heavy atom. The molecule has 1 fully saturated rings. The minimum absolute atomic E-state index is 0.747. The molecule has 0 bridgehead atoms. The first-order chi connectivity index (χ1) is 7.34. The summed E-state index contributed by atoms with van der Waals surface area (Å²) in [6, 6.07) is 0.747. The van der Waals surface area contributed by atoms with Crippen molar-refractivity contribution in [1.82, 2.24) is 5.32 Å². The molecular weight excluding hydrogens is 202 g/mol. The zero-order valence-electron chi connectivity index (χ0n) is 10.4. The number of hydrogen-bond donors (Lipinski definition) is 1. The molecule has 0 aliphatic heterocycles. The zero-order valence-corrected chi connectivity index (χ0v) is 11.2. The van der Waals surface area contributed by atoms with Gasteiger partial charge in [-0.3, -0.25) is 0 Å². The molecule has 2 heteroatoms. The van der Waals surface area contributed by atoms with E-state index in [9.17, 15) is 0 Å². The quantitative estimate of drug-likeness (QED) is 0.668. The van der Waals surface area contributed by atoms with Gasteiger partial charge in [-0.15, -0.1) is 0 Å². The second kappa shape index (κ2) is 8.46. The van der Waals surface area contributed by atoms with Gasteiger partial charge in [0.1, 0.15) is 0 Å². The fourth-order valence-corrected chi connectivity index (χ4v) is 3.09. The average Bonchev–Trinajstić information content (AvgIpc) is 2.30. The van der Waals surface area contributed by atoms with Crippen LogP contribution in [0.25, 0.3) is 0 Å². The van der Waals surface area contributed by atoms with Crippen molar-refractivity contribution in [3.05, 3.63) is 0 Å². The third-order valence-electron chi connectivity index (χ3n) is 3.49. The molecule has 0 aromatic rings. The molecule has 0 saturated heterocycles. The van der Waals surface area contributed by atoms with E-state index in [0.29, 0.717) is 0 Å². The maximum Gasteiger partial charge on any atom is 0.00670 e. The first-order valence-corrected chi connectivity index (χ1v) is 7.81. The van der Waals surface area contributed by atoms with Gasteiger partial charge in [0.05, 0.1) is 0 Å². The van der Waals surface area contributed by atoms with Gasteiger partial charge in [0.15, 0.2) is 0 Å². The molecule has 1 nitrogen and oxygen atoms in total. The highest BCUT2D eigenvalue weighted by Crippen LogP contribution is 2.26. The Kier molecular flexibility index (Phi) is 7.54. The molecular formula is C13H27NS. The van der Waals surface area contributed by atoms with Crippen molar-refractivity contribution in [2.45, 2.75) is 58.4 Å². The lowest BCUT2D eigenvalue weighted by Gasteiger charge is -2.28. The van der Waals surface area contributed by atoms with E-state index in [-0.39, 0.29) is 0 Å². The molecule has 0 radical (unpaired) electrons. The Morgan fingerprint density at radius 3 is 2.67 bits per heavy atom. The topological polar surface area (TPSA) is 12.0 Å². The van der Waals surface area contributed by atoms with Gasteiger partial charge in [-0.2, -0.15) is 11.8 Å². The molecule has 1 saturated carbocycles. The van der Waals surface area contributed by atoms with Crippen molar-refractivity contribution in [3.63, 3.8) is 0 Å². The number of thioether (sulfide) groups is 1. The lowest BCUT2D eigenvalue weighted by molar-refractivity contribution is 0.282. The Hall–Kier alpha value is 0.310. The van der Waals surface area contributed by atoms with Crippen molar-refractivity contribution in [2.24, 2.45) is 5.92 Å². The third-order valence-corrected chi connectivity index (χ3v) is 4.48. The highest BCUT2D eigenvalue weighted by Gasteiger charge is 2.18. The molecule has 1 N–H and O–H groups in total. The minimum atomic E-state index is 0.747. The molecule has 0 amide bonds. The predicted molar refractivity (Wildman–Crippen MR) is 71.7 cm³/mol. The van der Waals surface area contributed by atoms with Crippen LogP contribution in [0, 0.1) is 5.92 Å². The highest BCUT2D eigenvalue weighted by molar-refractivity contribution is 7.99. The average molecular weight is 229 g/mol. The predicted octanol–water partition coefficient (Wildman–Crippen LogP) is 3.69. The summed E-state index contributed by atoms with van der Waals surface area (Å²) < 4.78 is 0. The normalized spacial score (nSPS) is 20.4. The molecule has 0 unspecified atom stereocenters. The summed E-state index contributed by atoms with van der Waals surface area (Å²) in [6.07, 6.45) is 8.63. The molecule has 1 aliphatic rings. The van der Waals surface area contributed by atoms with Gasteiger partial charge in [-0.25, -0.2) is 0 Å². The van der Waals surface area contributed by atoms with Crippen LogP contribution >= 0.6 is 11.8 Å². The molecule has 0 aromatic heterocycles. The van der Waals surface area contributed by atoms with Crippen LogP contribution in [0.15, 0.2) is 0 Å². The van der Waals surface area contributed by atoms with Crippen molar-refractivity contribution in [3.8, 4) is 0 Å². The van der Waals surface area contributed by atoms with Crippen LogP contribution < -0.4 is 5.32 Å². The van der Waals surface area contributed by atoms with E-state index in [2.05, 4.69) is 30.9 Å². The van der Waals surface area contributed by atoms with Crippen LogP contribution in [0.3, 0.4) is 0 Å². The Labute approximate surface area is 99.8 Å². The summed E-state index contributed by atoms with van der Waals surface area (Å²) in [4.78, 5) is 0. The second-order valence-electron chi connectivity index (χ2n) is 4.69. The molecule has 0 heterocycles. The molecule has 15 heavy (non-hydrogen) atoms. The van der Waals surface area contributed by atoms with Crippen molar-refractivity contribution in [2.75, 3.05) is 18.1 Å².